The number of aromatic nitrogens is 1. The number of thiazole rings is 1. The highest BCUT2D eigenvalue weighted by Gasteiger charge is 2.03. The summed E-state index contributed by atoms with van der Waals surface area (Å²) in [6, 6.07) is 3.84. The Morgan fingerprint density at radius 3 is 2.27 bits per heavy atom. The van der Waals surface area contributed by atoms with Gasteiger partial charge in [0.2, 0.25) is 0 Å². The number of nitriles is 2. The lowest BCUT2D eigenvalue weighted by Gasteiger charge is -1.94. The molecule has 0 aliphatic heterocycles. The van der Waals surface area contributed by atoms with Crippen molar-refractivity contribution < 1.29 is 0 Å². The standard InChI is InChI=1S/C12H12N2S.C2H3N.2C2H6/c1-3-5-10(6-4-2)11-9-15-12(14-11)7-8-13;1-2-3;2*1-2/h3-6,9H,1,7H2,2H3;1H3;2*1-2H3/b6-4-,10-5+;;;. The molecule has 0 aliphatic rings. The molecule has 22 heavy (non-hydrogen) atoms. The second-order valence-corrected chi connectivity index (χ2v) is 3.99. The lowest BCUT2D eigenvalue weighted by Crippen LogP contribution is -1.83. The molecule has 0 bridgehead atoms. The van der Waals surface area contributed by atoms with Gasteiger partial charge in [0.15, 0.2) is 0 Å². The molecule has 3 nitrogen and oxygen atoms in total. The van der Waals surface area contributed by atoms with Crippen molar-refractivity contribution >= 4 is 16.9 Å². The maximum Gasteiger partial charge on any atom is 0.107 e. The molecule has 0 amide bonds. The normalized spacial score (nSPS) is 8.82. The van der Waals surface area contributed by atoms with Gasteiger partial charge >= 0.3 is 0 Å². The van der Waals surface area contributed by atoms with E-state index < -0.39 is 0 Å². The number of rotatable bonds is 4. The second-order valence-electron chi connectivity index (χ2n) is 3.04. The van der Waals surface area contributed by atoms with Gasteiger partial charge in [0.25, 0.3) is 0 Å². The van der Waals surface area contributed by atoms with Crippen molar-refractivity contribution in [1.29, 1.82) is 10.5 Å². The molecule has 120 valence electrons. The summed E-state index contributed by atoms with van der Waals surface area (Å²) in [5.41, 5.74) is 1.93. The van der Waals surface area contributed by atoms with Gasteiger partial charge in [-0.05, 0) is 6.92 Å². The quantitative estimate of drug-likeness (QED) is 0.646. The smallest absolute Gasteiger partial charge is 0.107 e. The summed E-state index contributed by atoms with van der Waals surface area (Å²) in [5, 5.41) is 18.7. The Bertz CT molecular complexity index is 511. The van der Waals surface area contributed by atoms with Crippen molar-refractivity contribution in [2.75, 3.05) is 0 Å². The molecular weight excluding hydrogens is 290 g/mol. The minimum absolute atomic E-state index is 0.377. The molecule has 0 aliphatic carbocycles. The molecule has 1 aromatic rings. The van der Waals surface area contributed by atoms with Gasteiger partial charge in [0.05, 0.1) is 24.3 Å². The van der Waals surface area contributed by atoms with Gasteiger partial charge in [-0.25, -0.2) is 4.98 Å². The van der Waals surface area contributed by atoms with Crippen molar-refractivity contribution in [2.24, 2.45) is 0 Å². The Labute approximate surface area is 139 Å². The van der Waals surface area contributed by atoms with Crippen molar-refractivity contribution in [3.63, 3.8) is 0 Å². The van der Waals surface area contributed by atoms with Crippen LogP contribution in [0.2, 0.25) is 0 Å². The van der Waals surface area contributed by atoms with Crippen LogP contribution in [0.25, 0.3) is 5.57 Å². The molecule has 4 heteroatoms. The first-order chi connectivity index (χ1) is 10.7. The van der Waals surface area contributed by atoms with E-state index in [1.807, 2.05) is 58.2 Å². The minimum Gasteiger partial charge on any atom is -0.240 e. The molecule has 0 saturated heterocycles. The highest BCUT2D eigenvalue weighted by molar-refractivity contribution is 7.09. The predicted molar refractivity (Wildman–Crippen MR) is 98.4 cm³/mol. The lowest BCUT2D eigenvalue weighted by atomic mass is 10.2. The van der Waals surface area contributed by atoms with E-state index in [1.165, 1.54) is 18.3 Å². The van der Waals surface area contributed by atoms with Crippen LogP contribution in [0.4, 0.5) is 0 Å². The fraction of sp³-hybridized carbons (Fsp3) is 0.389. The average molecular weight is 318 g/mol. The number of hydrogen-bond acceptors (Lipinski definition) is 4. The summed E-state index contributed by atoms with van der Waals surface area (Å²) in [6.45, 7) is 15.1. The van der Waals surface area contributed by atoms with E-state index in [1.54, 1.807) is 12.1 Å². The van der Waals surface area contributed by atoms with Crippen LogP contribution in [0.5, 0.6) is 0 Å². The number of nitrogens with zero attached hydrogens (tertiary/aromatic N) is 3. The van der Waals surface area contributed by atoms with E-state index in [0.29, 0.717) is 6.42 Å². The van der Waals surface area contributed by atoms with Crippen molar-refractivity contribution in [2.45, 2.75) is 48.0 Å². The average Bonchev–Trinajstić information content (AvgIpc) is 3.01. The van der Waals surface area contributed by atoms with Gasteiger partial charge in [0, 0.05) is 17.9 Å². The van der Waals surface area contributed by atoms with Gasteiger partial charge < -0.3 is 0 Å². The first-order valence-corrected chi connectivity index (χ1v) is 8.19. The Morgan fingerprint density at radius 2 is 1.86 bits per heavy atom. The zero-order valence-electron chi connectivity index (χ0n) is 14.6. The van der Waals surface area contributed by atoms with Crippen LogP contribution < -0.4 is 0 Å². The number of hydrogen-bond donors (Lipinski definition) is 0. The highest BCUT2D eigenvalue weighted by atomic mass is 32.1. The molecule has 0 aromatic carbocycles. The Hall–Kier alpha value is -2.17. The Kier molecular flexibility index (Phi) is 23.8. The van der Waals surface area contributed by atoms with Crippen LogP contribution >= 0.6 is 11.3 Å². The molecule has 1 heterocycles. The fourth-order valence-electron chi connectivity index (χ4n) is 1.13. The third-order valence-electron chi connectivity index (χ3n) is 1.72. The first-order valence-electron chi connectivity index (χ1n) is 7.31. The fourth-order valence-corrected chi connectivity index (χ4v) is 1.86. The van der Waals surface area contributed by atoms with Crippen LogP contribution in [-0.2, 0) is 6.42 Å². The summed E-state index contributed by atoms with van der Waals surface area (Å²) >= 11 is 1.51. The topological polar surface area (TPSA) is 60.5 Å². The molecule has 1 rings (SSSR count). The monoisotopic (exact) mass is 317 g/mol. The molecule has 1 aromatic heterocycles. The maximum absolute atomic E-state index is 8.55. The third-order valence-corrected chi connectivity index (χ3v) is 2.57. The predicted octanol–water partition coefficient (Wildman–Crippen LogP) is 5.94. The zero-order chi connectivity index (χ0) is 17.8. The van der Waals surface area contributed by atoms with E-state index in [2.05, 4.69) is 17.6 Å². The summed E-state index contributed by atoms with van der Waals surface area (Å²) in [4.78, 5) is 4.37. The van der Waals surface area contributed by atoms with Crippen LogP contribution in [-0.4, -0.2) is 4.98 Å². The van der Waals surface area contributed by atoms with Crippen LogP contribution in [0.15, 0.2) is 36.3 Å². The van der Waals surface area contributed by atoms with Gasteiger partial charge in [-0.1, -0.05) is 58.6 Å². The molecule has 0 N–H and O–H groups in total. The van der Waals surface area contributed by atoms with E-state index in [0.717, 1.165) is 16.3 Å². The molecule has 0 spiro atoms. The SMILES string of the molecule is C=C/C=C(\C=C/C)c1csc(CC#N)n1.CC.CC.CC#N. The van der Waals surface area contributed by atoms with Crippen molar-refractivity contribution in [1.82, 2.24) is 4.98 Å². The van der Waals surface area contributed by atoms with E-state index in [4.69, 9.17) is 10.5 Å². The molecule has 0 saturated carbocycles. The summed E-state index contributed by atoms with van der Waals surface area (Å²) in [6.07, 6.45) is 7.96. The third kappa shape index (κ3) is 12.8. The Balaban J connectivity index is -0.000000446. The molecule has 0 unspecified atom stereocenters. The summed E-state index contributed by atoms with van der Waals surface area (Å²) in [5.74, 6) is 0. The molecule has 0 fully saturated rings. The molecule has 0 atom stereocenters. The van der Waals surface area contributed by atoms with Gasteiger partial charge in [-0.3, -0.25) is 0 Å². The first kappa shape index (κ1) is 24.8. The van der Waals surface area contributed by atoms with Crippen LogP contribution in [0.3, 0.4) is 0 Å². The van der Waals surface area contributed by atoms with Crippen molar-refractivity contribution in [3.8, 4) is 12.1 Å². The van der Waals surface area contributed by atoms with E-state index >= 15 is 0 Å². The van der Waals surface area contributed by atoms with Gasteiger partial charge in [-0.15, -0.1) is 11.3 Å². The zero-order valence-corrected chi connectivity index (χ0v) is 15.4. The number of allylic oxidation sites excluding steroid dienone is 5. The maximum atomic E-state index is 8.55. The molecular formula is C18H27N3S. The van der Waals surface area contributed by atoms with Gasteiger partial charge in [-0.2, -0.15) is 10.5 Å². The Morgan fingerprint density at radius 1 is 1.32 bits per heavy atom. The van der Waals surface area contributed by atoms with E-state index in [9.17, 15) is 0 Å². The largest absolute Gasteiger partial charge is 0.240 e. The second kappa shape index (κ2) is 21.1. The van der Waals surface area contributed by atoms with Crippen molar-refractivity contribution in [3.05, 3.63) is 47.0 Å². The lowest BCUT2D eigenvalue weighted by molar-refractivity contribution is 1.17. The summed E-state index contributed by atoms with van der Waals surface area (Å²) < 4.78 is 0. The van der Waals surface area contributed by atoms with Gasteiger partial charge in [0.1, 0.15) is 5.01 Å². The minimum atomic E-state index is 0.377. The van der Waals surface area contributed by atoms with Crippen LogP contribution in [0.1, 0.15) is 52.2 Å². The molecule has 0 radical (unpaired) electrons. The van der Waals surface area contributed by atoms with E-state index in [-0.39, 0.29) is 0 Å². The highest BCUT2D eigenvalue weighted by Crippen LogP contribution is 2.19. The van der Waals surface area contributed by atoms with Crippen LogP contribution in [0, 0.1) is 22.7 Å². The summed E-state index contributed by atoms with van der Waals surface area (Å²) in [7, 11) is 0.